The second-order valence-electron chi connectivity index (χ2n) is 6.80. The Labute approximate surface area is 167 Å². The van der Waals surface area contributed by atoms with Crippen molar-refractivity contribution in [3.05, 3.63) is 47.4 Å². The summed E-state index contributed by atoms with van der Waals surface area (Å²) in [5.41, 5.74) is 1.11. The van der Waals surface area contributed by atoms with Crippen LogP contribution in [0.1, 0.15) is 30.9 Å². The zero-order valence-electron chi connectivity index (χ0n) is 17.2. The van der Waals surface area contributed by atoms with Crippen LogP contribution in [0.15, 0.2) is 39.6 Å². The Morgan fingerprint density at radius 1 is 1.11 bits per heavy atom. The van der Waals surface area contributed by atoms with Gasteiger partial charge < -0.3 is 9.73 Å². The zero-order valence-corrected chi connectivity index (χ0v) is 18.0. The van der Waals surface area contributed by atoms with Crippen molar-refractivity contribution in [2.75, 3.05) is 32.0 Å². The third-order valence-electron chi connectivity index (χ3n) is 4.43. The standard InChI is InChI=1S/C20H29N3O4S/c1-6-23(7-2)28(25,26)19-12-17(10-8-15(19)3)21-20(24)14-22(5)13-18-11-9-16(4)27-18/h8-12H,6-7,13-14H2,1-5H3,(H,21,24). The maximum absolute atomic E-state index is 12.8. The van der Waals surface area contributed by atoms with E-state index >= 15 is 0 Å². The number of sulfonamides is 1. The molecule has 0 saturated heterocycles. The zero-order chi connectivity index (χ0) is 20.9. The minimum Gasteiger partial charge on any atom is -0.465 e. The van der Waals surface area contributed by atoms with Crippen LogP contribution in [0.4, 0.5) is 5.69 Å². The highest BCUT2D eigenvalue weighted by Crippen LogP contribution is 2.23. The van der Waals surface area contributed by atoms with Crippen molar-refractivity contribution in [3.8, 4) is 0 Å². The molecule has 1 aromatic heterocycles. The van der Waals surface area contributed by atoms with E-state index in [0.717, 1.165) is 11.5 Å². The molecule has 0 spiro atoms. The van der Waals surface area contributed by atoms with E-state index in [0.29, 0.717) is 30.9 Å². The van der Waals surface area contributed by atoms with E-state index in [9.17, 15) is 13.2 Å². The molecule has 1 heterocycles. The van der Waals surface area contributed by atoms with Gasteiger partial charge in [0.25, 0.3) is 0 Å². The average Bonchev–Trinajstić information content (AvgIpc) is 3.01. The van der Waals surface area contributed by atoms with E-state index in [1.165, 1.54) is 10.4 Å². The van der Waals surface area contributed by atoms with Crippen molar-refractivity contribution in [2.24, 2.45) is 0 Å². The van der Waals surface area contributed by atoms with Gasteiger partial charge in [0.05, 0.1) is 18.0 Å². The minimum absolute atomic E-state index is 0.158. The molecule has 0 aliphatic carbocycles. The lowest BCUT2D eigenvalue weighted by Gasteiger charge is -2.20. The first kappa shape index (κ1) is 22.1. The highest BCUT2D eigenvalue weighted by atomic mass is 32.2. The van der Waals surface area contributed by atoms with Gasteiger partial charge in [-0.2, -0.15) is 4.31 Å². The normalized spacial score (nSPS) is 12.0. The van der Waals surface area contributed by atoms with Crippen LogP contribution < -0.4 is 5.32 Å². The second-order valence-corrected chi connectivity index (χ2v) is 8.71. The molecule has 0 saturated carbocycles. The molecule has 1 aromatic carbocycles. The summed E-state index contributed by atoms with van der Waals surface area (Å²) in [6.45, 7) is 8.69. The number of anilines is 1. The maximum Gasteiger partial charge on any atom is 0.243 e. The third kappa shape index (κ3) is 5.43. The van der Waals surface area contributed by atoms with Crippen molar-refractivity contribution in [1.82, 2.24) is 9.21 Å². The van der Waals surface area contributed by atoms with E-state index in [1.54, 1.807) is 32.9 Å². The SMILES string of the molecule is CCN(CC)S(=O)(=O)c1cc(NC(=O)CN(C)Cc2ccc(C)o2)ccc1C. The smallest absolute Gasteiger partial charge is 0.243 e. The summed E-state index contributed by atoms with van der Waals surface area (Å²) in [6, 6.07) is 8.71. The monoisotopic (exact) mass is 407 g/mol. The van der Waals surface area contributed by atoms with Gasteiger partial charge in [0.15, 0.2) is 0 Å². The number of amides is 1. The van der Waals surface area contributed by atoms with Crippen LogP contribution in [0.2, 0.25) is 0 Å². The van der Waals surface area contributed by atoms with Crippen molar-refractivity contribution < 1.29 is 17.6 Å². The fraction of sp³-hybridized carbons (Fsp3) is 0.450. The van der Waals surface area contributed by atoms with Gasteiger partial charge in [-0.3, -0.25) is 9.69 Å². The molecule has 7 nitrogen and oxygen atoms in total. The summed E-state index contributed by atoms with van der Waals surface area (Å²) < 4.78 is 32.6. The first-order chi connectivity index (χ1) is 13.2. The number of carbonyl (C=O) groups is 1. The maximum atomic E-state index is 12.8. The summed E-state index contributed by atoms with van der Waals surface area (Å²) in [6.07, 6.45) is 0. The number of aryl methyl sites for hydroxylation is 2. The minimum atomic E-state index is -3.59. The van der Waals surface area contributed by atoms with Crippen LogP contribution >= 0.6 is 0 Å². The third-order valence-corrected chi connectivity index (χ3v) is 6.62. The molecule has 0 radical (unpaired) electrons. The van der Waals surface area contributed by atoms with Gasteiger partial charge in [-0.25, -0.2) is 8.42 Å². The van der Waals surface area contributed by atoms with Gasteiger partial charge >= 0.3 is 0 Å². The summed E-state index contributed by atoms with van der Waals surface area (Å²) in [5.74, 6) is 1.39. The van der Waals surface area contributed by atoms with Crippen molar-refractivity contribution in [3.63, 3.8) is 0 Å². The lowest BCUT2D eigenvalue weighted by Crippen LogP contribution is -2.31. The molecule has 1 N–H and O–H groups in total. The van der Waals surface area contributed by atoms with Gasteiger partial charge in [0, 0.05) is 18.8 Å². The van der Waals surface area contributed by atoms with E-state index < -0.39 is 10.0 Å². The molecule has 0 aliphatic heterocycles. The van der Waals surface area contributed by atoms with Gasteiger partial charge in [-0.05, 0) is 50.7 Å². The molecule has 2 rings (SSSR count). The fourth-order valence-electron chi connectivity index (χ4n) is 3.00. The number of hydrogen-bond acceptors (Lipinski definition) is 5. The number of nitrogens with one attached hydrogen (secondary N) is 1. The number of likely N-dealkylation sites (N-methyl/N-ethyl adjacent to an activating group) is 1. The number of hydrogen-bond donors (Lipinski definition) is 1. The Balaban J connectivity index is 2.08. The molecule has 0 atom stereocenters. The number of furan rings is 1. The van der Waals surface area contributed by atoms with E-state index in [2.05, 4.69) is 5.32 Å². The fourth-order valence-corrected chi connectivity index (χ4v) is 4.70. The predicted molar refractivity (Wildman–Crippen MR) is 110 cm³/mol. The molecule has 154 valence electrons. The Morgan fingerprint density at radius 3 is 2.36 bits per heavy atom. The van der Waals surface area contributed by atoms with Crippen LogP contribution in [-0.4, -0.2) is 50.2 Å². The molecule has 0 bridgehead atoms. The average molecular weight is 408 g/mol. The van der Waals surface area contributed by atoms with E-state index in [-0.39, 0.29) is 17.3 Å². The van der Waals surface area contributed by atoms with E-state index in [1.807, 2.05) is 31.0 Å². The first-order valence-electron chi connectivity index (χ1n) is 9.31. The topological polar surface area (TPSA) is 82.9 Å². The van der Waals surface area contributed by atoms with Crippen LogP contribution in [0.5, 0.6) is 0 Å². The molecule has 0 unspecified atom stereocenters. The lowest BCUT2D eigenvalue weighted by atomic mass is 10.2. The summed E-state index contributed by atoms with van der Waals surface area (Å²) in [4.78, 5) is 14.4. The van der Waals surface area contributed by atoms with Gasteiger partial charge in [0.1, 0.15) is 11.5 Å². The summed E-state index contributed by atoms with van der Waals surface area (Å²) >= 11 is 0. The number of carbonyl (C=O) groups excluding carboxylic acids is 1. The lowest BCUT2D eigenvalue weighted by molar-refractivity contribution is -0.117. The quantitative estimate of drug-likeness (QED) is 0.691. The predicted octanol–water partition coefficient (Wildman–Crippen LogP) is 3.00. The molecule has 1 amide bonds. The number of benzene rings is 1. The molecule has 0 fully saturated rings. The molecular formula is C20H29N3O4S. The Morgan fingerprint density at radius 2 is 1.79 bits per heavy atom. The highest BCUT2D eigenvalue weighted by Gasteiger charge is 2.24. The van der Waals surface area contributed by atoms with Crippen LogP contribution in [-0.2, 0) is 21.4 Å². The Kier molecular flexibility index (Phi) is 7.40. The number of nitrogens with zero attached hydrogens (tertiary/aromatic N) is 2. The molecular weight excluding hydrogens is 378 g/mol. The van der Waals surface area contributed by atoms with Crippen LogP contribution in [0, 0.1) is 13.8 Å². The second kappa shape index (κ2) is 9.36. The molecule has 28 heavy (non-hydrogen) atoms. The van der Waals surface area contributed by atoms with Crippen LogP contribution in [0.25, 0.3) is 0 Å². The van der Waals surface area contributed by atoms with Gasteiger partial charge in [-0.15, -0.1) is 0 Å². The summed E-state index contributed by atoms with van der Waals surface area (Å²) in [7, 11) is -1.77. The Hall–Kier alpha value is -2.16. The molecule has 0 aliphatic rings. The van der Waals surface area contributed by atoms with Crippen molar-refractivity contribution >= 4 is 21.6 Å². The Bertz CT molecular complexity index is 917. The first-order valence-corrected chi connectivity index (χ1v) is 10.8. The highest BCUT2D eigenvalue weighted by molar-refractivity contribution is 7.89. The summed E-state index contributed by atoms with van der Waals surface area (Å²) in [5, 5.41) is 2.78. The number of rotatable bonds is 9. The largest absolute Gasteiger partial charge is 0.465 e. The molecule has 2 aromatic rings. The van der Waals surface area contributed by atoms with Crippen molar-refractivity contribution in [2.45, 2.75) is 39.1 Å². The van der Waals surface area contributed by atoms with E-state index in [4.69, 9.17) is 4.42 Å². The van der Waals surface area contributed by atoms with Crippen molar-refractivity contribution in [1.29, 1.82) is 0 Å². The molecule has 8 heteroatoms. The van der Waals surface area contributed by atoms with Crippen LogP contribution in [0.3, 0.4) is 0 Å². The van der Waals surface area contributed by atoms with Gasteiger partial charge in [-0.1, -0.05) is 19.9 Å². The van der Waals surface area contributed by atoms with Gasteiger partial charge in [0.2, 0.25) is 15.9 Å².